The monoisotopic (exact) mass is 275 g/mol. The Hall–Kier alpha value is -1.55. The summed E-state index contributed by atoms with van der Waals surface area (Å²) in [7, 11) is 2.13. The number of nitrogens with two attached hydrogens (primary N) is 1. The van der Waals surface area contributed by atoms with Crippen molar-refractivity contribution in [3.63, 3.8) is 0 Å². The Labute approximate surface area is 121 Å². The maximum Gasteiger partial charge on any atom is 0.227 e. The highest BCUT2D eigenvalue weighted by Gasteiger charge is 2.25. The highest BCUT2D eigenvalue weighted by atomic mass is 16.2. The molecule has 1 aromatic carbocycles. The minimum atomic E-state index is 0.220. The zero-order valence-electron chi connectivity index (χ0n) is 12.5. The van der Waals surface area contributed by atoms with Crippen LogP contribution in [0.25, 0.3) is 0 Å². The second kappa shape index (κ2) is 6.75. The number of anilines is 1. The average Bonchev–Trinajstić information content (AvgIpc) is 2.60. The third-order valence-corrected chi connectivity index (χ3v) is 4.00. The fourth-order valence-corrected chi connectivity index (χ4v) is 2.90. The standard InChI is InChI=1S/C16H25N3O/c1-3-15-12-18(2)8-5-9-19(15)16(20)11-13-6-4-7-14(17)10-13/h4,6-7,10,15H,3,5,8-9,11-12,17H2,1-2H3. The first-order chi connectivity index (χ1) is 9.60. The van der Waals surface area contributed by atoms with Crippen molar-refractivity contribution in [1.82, 2.24) is 9.80 Å². The van der Waals surface area contributed by atoms with Crippen molar-refractivity contribution in [1.29, 1.82) is 0 Å². The van der Waals surface area contributed by atoms with Gasteiger partial charge in [-0.2, -0.15) is 0 Å². The quantitative estimate of drug-likeness (QED) is 0.855. The molecule has 0 bridgehead atoms. The lowest BCUT2D eigenvalue weighted by Gasteiger charge is -2.30. The maximum atomic E-state index is 12.6. The number of carbonyl (C=O) groups is 1. The molecule has 110 valence electrons. The summed E-state index contributed by atoms with van der Waals surface area (Å²) in [5.41, 5.74) is 7.50. The van der Waals surface area contributed by atoms with E-state index in [4.69, 9.17) is 5.73 Å². The van der Waals surface area contributed by atoms with E-state index in [9.17, 15) is 4.79 Å². The Morgan fingerprint density at radius 1 is 1.40 bits per heavy atom. The zero-order valence-corrected chi connectivity index (χ0v) is 12.5. The molecule has 1 atom stereocenters. The van der Waals surface area contributed by atoms with E-state index in [-0.39, 0.29) is 5.91 Å². The third-order valence-electron chi connectivity index (χ3n) is 4.00. The van der Waals surface area contributed by atoms with Gasteiger partial charge >= 0.3 is 0 Å². The fourth-order valence-electron chi connectivity index (χ4n) is 2.90. The van der Waals surface area contributed by atoms with Crippen LogP contribution in [-0.4, -0.2) is 48.4 Å². The Bertz CT molecular complexity index is 461. The van der Waals surface area contributed by atoms with Crippen molar-refractivity contribution in [3.05, 3.63) is 29.8 Å². The van der Waals surface area contributed by atoms with Gasteiger partial charge in [-0.15, -0.1) is 0 Å². The number of hydrogen-bond donors (Lipinski definition) is 1. The summed E-state index contributed by atoms with van der Waals surface area (Å²) in [5.74, 6) is 0.220. The molecule has 0 spiro atoms. The number of carbonyl (C=O) groups excluding carboxylic acids is 1. The van der Waals surface area contributed by atoms with Crippen LogP contribution in [0.5, 0.6) is 0 Å². The van der Waals surface area contributed by atoms with Crippen LogP contribution in [-0.2, 0) is 11.2 Å². The summed E-state index contributed by atoms with van der Waals surface area (Å²) in [6.07, 6.45) is 2.51. The molecule has 4 nitrogen and oxygen atoms in total. The highest BCUT2D eigenvalue weighted by Crippen LogP contribution is 2.15. The second-order valence-corrected chi connectivity index (χ2v) is 5.69. The molecule has 1 heterocycles. The second-order valence-electron chi connectivity index (χ2n) is 5.69. The smallest absolute Gasteiger partial charge is 0.227 e. The molecule has 0 aromatic heterocycles. The van der Waals surface area contributed by atoms with E-state index in [1.807, 2.05) is 24.3 Å². The molecule has 1 aliphatic heterocycles. The molecule has 1 unspecified atom stereocenters. The highest BCUT2D eigenvalue weighted by molar-refractivity contribution is 5.79. The van der Waals surface area contributed by atoms with Gasteiger partial charge in [-0.05, 0) is 44.1 Å². The first-order valence-corrected chi connectivity index (χ1v) is 7.42. The van der Waals surface area contributed by atoms with Crippen LogP contribution in [0.4, 0.5) is 5.69 Å². The summed E-state index contributed by atoms with van der Waals surface area (Å²) in [4.78, 5) is 17.0. The molecule has 2 N–H and O–H groups in total. The Morgan fingerprint density at radius 3 is 2.90 bits per heavy atom. The summed E-state index contributed by atoms with van der Waals surface area (Å²) >= 11 is 0. The summed E-state index contributed by atoms with van der Waals surface area (Å²) in [5, 5.41) is 0. The van der Waals surface area contributed by atoms with Crippen molar-refractivity contribution in [2.75, 3.05) is 32.4 Å². The molecule has 0 aliphatic carbocycles. The van der Waals surface area contributed by atoms with Crippen LogP contribution in [0.3, 0.4) is 0 Å². The molecule has 1 amide bonds. The number of benzene rings is 1. The van der Waals surface area contributed by atoms with Crippen molar-refractivity contribution in [2.45, 2.75) is 32.2 Å². The molecule has 20 heavy (non-hydrogen) atoms. The largest absolute Gasteiger partial charge is 0.399 e. The molecule has 1 aromatic rings. The van der Waals surface area contributed by atoms with Crippen LogP contribution in [0.15, 0.2) is 24.3 Å². The normalized spacial score (nSPS) is 20.7. The van der Waals surface area contributed by atoms with Gasteiger partial charge in [0.1, 0.15) is 0 Å². The zero-order chi connectivity index (χ0) is 14.5. The van der Waals surface area contributed by atoms with E-state index in [0.717, 1.165) is 43.7 Å². The number of hydrogen-bond acceptors (Lipinski definition) is 3. The predicted molar refractivity (Wildman–Crippen MR) is 82.5 cm³/mol. The lowest BCUT2D eigenvalue weighted by Crippen LogP contribution is -2.44. The van der Waals surface area contributed by atoms with E-state index in [0.29, 0.717) is 12.5 Å². The van der Waals surface area contributed by atoms with Crippen LogP contribution >= 0.6 is 0 Å². The Balaban J connectivity index is 2.06. The summed E-state index contributed by atoms with van der Waals surface area (Å²) in [6, 6.07) is 7.95. The molecule has 2 rings (SSSR count). The minimum Gasteiger partial charge on any atom is -0.399 e. The number of nitrogen functional groups attached to an aromatic ring is 1. The van der Waals surface area contributed by atoms with Crippen molar-refractivity contribution >= 4 is 11.6 Å². The third kappa shape index (κ3) is 3.73. The molecule has 0 radical (unpaired) electrons. The van der Waals surface area contributed by atoms with Gasteiger partial charge in [0.05, 0.1) is 6.42 Å². The summed E-state index contributed by atoms with van der Waals surface area (Å²) < 4.78 is 0. The van der Waals surface area contributed by atoms with E-state index in [2.05, 4.69) is 23.8 Å². The molecular formula is C16H25N3O. The van der Waals surface area contributed by atoms with E-state index < -0.39 is 0 Å². The average molecular weight is 275 g/mol. The van der Waals surface area contributed by atoms with Gasteiger partial charge < -0.3 is 15.5 Å². The molecule has 0 saturated carbocycles. The van der Waals surface area contributed by atoms with E-state index in [1.54, 1.807) is 0 Å². The van der Waals surface area contributed by atoms with Gasteiger partial charge in [-0.3, -0.25) is 4.79 Å². The number of amides is 1. The number of likely N-dealkylation sites (N-methyl/N-ethyl adjacent to an activating group) is 1. The fraction of sp³-hybridized carbons (Fsp3) is 0.562. The lowest BCUT2D eigenvalue weighted by atomic mass is 10.1. The van der Waals surface area contributed by atoms with Gasteiger partial charge in [0.2, 0.25) is 5.91 Å². The van der Waals surface area contributed by atoms with Gasteiger partial charge in [-0.25, -0.2) is 0 Å². The van der Waals surface area contributed by atoms with Crippen LogP contribution in [0, 0.1) is 0 Å². The van der Waals surface area contributed by atoms with Crippen molar-refractivity contribution in [3.8, 4) is 0 Å². The number of rotatable bonds is 3. The van der Waals surface area contributed by atoms with Crippen LogP contribution < -0.4 is 5.73 Å². The van der Waals surface area contributed by atoms with E-state index in [1.165, 1.54) is 0 Å². The molecule has 1 fully saturated rings. The van der Waals surface area contributed by atoms with Crippen molar-refractivity contribution < 1.29 is 4.79 Å². The first-order valence-electron chi connectivity index (χ1n) is 7.42. The van der Waals surface area contributed by atoms with Gasteiger partial charge in [0.15, 0.2) is 0 Å². The minimum absolute atomic E-state index is 0.220. The van der Waals surface area contributed by atoms with Crippen LogP contribution in [0.1, 0.15) is 25.3 Å². The van der Waals surface area contributed by atoms with Gasteiger partial charge in [-0.1, -0.05) is 19.1 Å². The summed E-state index contributed by atoms with van der Waals surface area (Å²) in [6.45, 7) is 5.06. The van der Waals surface area contributed by atoms with Crippen molar-refractivity contribution in [2.24, 2.45) is 0 Å². The SMILES string of the molecule is CCC1CN(C)CCCN1C(=O)Cc1cccc(N)c1. The maximum absolute atomic E-state index is 12.6. The topological polar surface area (TPSA) is 49.6 Å². The van der Waals surface area contributed by atoms with E-state index >= 15 is 0 Å². The lowest BCUT2D eigenvalue weighted by molar-refractivity contribution is -0.132. The van der Waals surface area contributed by atoms with Gasteiger partial charge in [0, 0.05) is 24.8 Å². The predicted octanol–water partition coefficient (Wildman–Crippen LogP) is 1.75. The molecular weight excluding hydrogens is 250 g/mol. The number of nitrogens with zero attached hydrogens (tertiary/aromatic N) is 2. The molecule has 1 aliphatic rings. The molecule has 1 saturated heterocycles. The van der Waals surface area contributed by atoms with Gasteiger partial charge in [0.25, 0.3) is 0 Å². The molecule has 4 heteroatoms. The first kappa shape index (κ1) is 14.9. The Morgan fingerprint density at radius 2 is 2.20 bits per heavy atom. The Kier molecular flexibility index (Phi) is 5.01. The van der Waals surface area contributed by atoms with Crippen LogP contribution in [0.2, 0.25) is 0 Å².